The number of alkyl halides is 1. The number of esters is 1. The van der Waals surface area contributed by atoms with E-state index in [9.17, 15) is 4.79 Å². The molecular formula is C46H86BrO2P. The van der Waals surface area contributed by atoms with Gasteiger partial charge in [-0.25, -0.2) is 0 Å². The van der Waals surface area contributed by atoms with Crippen LogP contribution in [0.15, 0.2) is 30.3 Å². The first-order valence-corrected chi connectivity index (χ1v) is 22.6. The molecule has 1 aromatic carbocycles. The second-order valence-corrected chi connectivity index (χ2v) is 17.0. The van der Waals surface area contributed by atoms with Gasteiger partial charge in [0.25, 0.3) is 0 Å². The minimum absolute atomic E-state index is 0. The molecule has 294 valence electrons. The molecule has 2 nitrogen and oxygen atoms in total. The largest absolute Gasteiger partial charge is 0.468 e. The van der Waals surface area contributed by atoms with E-state index in [1.54, 1.807) is 7.11 Å². The van der Waals surface area contributed by atoms with Crippen LogP contribution in [-0.2, 0) is 14.9 Å². The maximum Gasteiger partial charge on any atom is 0.317 e. The van der Waals surface area contributed by atoms with Crippen molar-refractivity contribution in [1.82, 2.24) is 0 Å². The molecule has 0 aliphatic carbocycles. The third-order valence-electron chi connectivity index (χ3n) is 11.3. The van der Waals surface area contributed by atoms with Gasteiger partial charge in [0.05, 0.1) is 7.11 Å². The third kappa shape index (κ3) is 21.3. The zero-order valence-corrected chi connectivity index (χ0v) is 37.1. The molecule has 0 amide bonds. The number of benzene rings is 1. The van der Waals surface area contributed by atoms with E-state index >= 15 is 0 Å². The highest BCUT2D eigenvalue weighted by Gasteiger charge is 2.55. The van der Waals surface area contributed by atoms with Gasteiger partial charge in [-0.3, -0.25) is 4.79 Å². The summed E-state index contributed by atoms with van der Waals surface area (Å²) in [5, 5.41) is 0. The maximum atomic E-state index is 14.3. The van der Waals surface area contributed by atoms with E-state index in [1.807, 2.05) is 0 Å². The lowest BCUT2D eigenvalue weighted by Gasteiger charge is -2.46. The molecule has 0 aromatic heterocycles. The van der Waals surface area contributed by atoms with E-state index in [-0.39, 0.29) is 20.2 Å². The number of hydrogen-bond donors (Lipinski definition) is 0. The van der Waals surface area contributed by atoms with Gasteiger partial charge < -0.3 is 4.74 Å². The Hall–Kier alpha value is -0.400. The van der Waals surface area contributed by atoms with E-state index < -0.39 is 5.41 Å². The van der Waals surface area contributed by atoms with Crippen LogP contribution in [0.25, 0.3) is 0 Å². The molecule has 0 aliphatic rings. The summed E-state index contributed by atoms with van der Waals surface area (Å²) in [4.78, 5) is 14.3. The van der Waals surface area contributed by atoms with Gasteiger partial charge in [-0.1, -0.05) is 260 Å². The fourth-order valence-electron chi connectivity index (χ4n) is 8.14. The molecule has 0 heterocycles. The number of halogens is 1. The second-order valence-electron chi connectivity index (χ2n) is 15.5. The summed E-state index contributed by atoms with van der Waals surface area (Å²) in [7, 11) is 1.62. The highest BCUT2D eigenvalue weighted by Crippen LogP contribution is 2.52. The first-order chi connectivity index (χ1) is 24.0. The Labute approximate surface area is 325 Å². The zero-order chi connectivity index (χ0) is 35.7. The maximum absolute atomic E-state index is 14.3. The lowest BCUT2D eigenvalue weighted by molar-refractivity contribution is -0.150. The van der Waals surface area contributed by atoms with E-state index in [1.165, 1.54) is 186 Å². The summed E-state index contributed by atoms with van der Waals surface area (Å²) in [6.07, 6.45) is 42.7. The fourth-order valence-corrected chi connectivity index (χ4v) is 9.29. The molecule has 0 N–H and O–H groups in total. The normalized spacial score (nSPS) is 12.8. The minimum atomic E-state index is -0.665. The average Bonchev–Trinajstić information content (AvgIpc) is 3.12. The van der Waals surface area contributed by atoms with E-state index in [2.05, 4.69) is 67.0 Å². The quantitative estimate of drug-likeness (QED) is 0.0293. The van der Waals surface area contributed by atoms with Crippen LogP contribution in [0.5, 0.6) is 0 Å². The van der Waals surface area contributed by atoms with Crippen molar-refractivity contribution in [2.24, 2.45) is 0 Å². The summed E-state index contributed by atoms with van der Waals surface area (Å²) >= 11 is 4.45. The smallest absolute Gasteiger partial charge is 0.317 e. The number of methoxy groups -OCH3 is 1. The van der Waals surface area contributed by atoms with Gasteiger partial charge >= 0.3 is 5.97 Å². The van der Waals surface area contributed by atoms with E-state index in [4.69, 9.17) is 4.74 Å². The van der Waals surface area contributed by atoms with Crippen molar-refractivity contribution in [2.75, 3.05) is 7.11 Å². The lowest BCUT2D eigenvalue weighted by Crippen LogP contribution is -2.53. The van der Waals surface area contributed by atoms with E-state index in [0.717, 1.165) is 31.2 Å². The van der Waals surface area contributed by atoms with Gasteiger partial charge in [0, 0.05) is 4.32 Å². The summed E-state index contributed by atoms with van der Waals surface area (Å²) in [5.41, 5.74) is 0.482. The van der Waals surface area contributed by atoms with Crippen molar-refractivity contribution in [3.05, 3.63) is 35.9 Å². The Morgan fingerprint density at radius 2 is 0.760 bits per heavy atom. The van der Waals surface area contributed by atoms with Crippen LogP contribution in [0.1, 0.15) is 238 Å². The van der Waals surface area contributed by atoms with Crippen molar-refractivity contribution in [3.63, 3.8) is 0 Å². The van der Waals surface area contributed by atoms with Crippen molar-refractivity contribution < 1.29 is 9.53 Å². The predicted molar refractivity (Wildman–Crippen MR) is 232 cm³/mol. The number of rotatable bonds is 36. The Morgan fingerprint density at radius 1 is 0.480 bits per heavy atom. The van der Waals surface area contributed by atoms with Crippen LogP contribution >= 0.6 is 25.8 Å². The standard InChI is InChI=1S/C46H83BrO2.H3P/c1-5-8-11-14-17-20-23-26-29-35-40-45(47,41-36-30-27-24-21-18-15-12-9-6-2)46(44(48)49-4,43-38-33-32-34-39-43)42-37-31-28-25-22-19-16-13-10-7-3;/h32-34,38-39H,5-31,35-37,40-42H2,1-4H3;1H3. The van der Waals surface area contributed by atoms with Crippen LogP contribution < -0.4 is 0 Å². The van der Waals surface area contributed by atoms with Crippen molar-refractivity contribution in [2.45, 2.75) is 242 Å². The Bertz CT molecular complexity index is 837. The number of unbranched alkanes of at least 4 members (excludes halogenated alkanes) is 27. The molecule has 2 unspecified atom stereocenters. The third-order valence-corrected chi connectivity index (χ3v) is 12.8. The fraction of sp³-hybridized carbons (Fsp3) is 0.848. The molecular weight excluding hydrogens is 695 g/mol. The SMILES string of the molecule is CCCCCCCCCCCCC(Br)(CCCCCCCCCCCC)C(CCCCCCCCCCCC)(C(=O)OC)c1ccccc1.P. The molecule has 1 rings (SSSR count). The highest BCUT2D eigenvalue weighted by atomic mass is 79.9. The molecule has 1 aromatic rings. The molecule has 0 bridgehead atoms. The van der Waals surface area contributed by atoms with Crippen LogP contribution in [0.3, 0.4) is 0 Å². The van der Waals surface area contributed by atoms with Gasteiger partial charge in [0.1, 0.15) is 5.41 Å². The minimum Gasteiger partial charge on any atom is -0.468 e. The molecule has 0 aliphatic heterocycles. The molecule has 0 spiro atoms. The molecule has 2 atom stereocenters. The van der Waals surface area contributed by atoms with Crippen molar-refractivity contribution >= 4 is 31.8 Å². The Morgan fingerprint density at radius 3 is 1.06 bits per heavy atom. The number of carbonyl (C=O) groups excluding carboxylic acids is 1. The second kappa shape index (κ2) is 34.4. The molecule has 0 radical (unpaired) electrons. The first kappa shape index (κ1) is 49.6. The van der Waals surface area contributed by atoms with Crippen LogP contribution in [0.2, 0.25) is 0 Å². The number of hydrogen-bond acceptors (Lipinski definition) is 2. The molecule has 0 fully saturated rings. The van der Waals surface area contributed by atoms with Gasteiger partial charge in [0.2, 0.25) is 0 Å². The van der Waals surface area contributed by atoms with Crippen molar-refractivity contribution in [1.29, 1.82) is 0 Å². The summed E-state index contributed by atoms with van der Waals surface area (Å²) < 4.78 is 5.49. The van der Waals surface area contributed by atoms with Crippen LogP contribution in [0.4, 0.5) is 0 Å². The average molecular weight is 782 g/mol. The van der Waals surface area contributed by atoms with E-state index in [0.29, 0.717) is 0 Å². The van der Waals surface area contributed by atoms with Gasteiger partial charge in [-0.05, 0) is 24.8 Å². The molecule has 50 heavy (non-hydrogen) atoms. The van der Waals surface area contributed by atoms with Gasteiger partial charge in [0.15, 0.2) is 0 Å². The summed E-state index contributed by atoms with van der Waals surface area (Å²) in [5.74, 6) is -0.0364. The molecule has 0 saturated carbocycles. The Kier molecular flexibility index (Phi) is 34.1. The topological polar surface area (TPSA) is 26.3 Å². The van der Waals surface area contributed by atoms with Crippen LogP contribution in [0, 0.1) is 0 Å². The monoisotopic (exact) mass is 781 g/mol. The molecule has 0 saturated heterocycles. The lowest BCUT2D eigenvalue weighted by atomic mass is 9.63. The number of carbonyl (C=O) groups is 1. The summed E-state index contributed by atoms with van der Waals surface area (Å²) in [6.45, 7) is 6.88. The highest BCUT2D eigenvalue weighted by molar-refractivity contribution is 9.10. The summed E-state index contributed by atoms with van der Waals surface area (Å²) in [6, 6.07) is 10.8. The first-order valence-electron chi connectivity index (χ1n) is 21.8. The molecule has 4 heteroatoms. The van der Waals surface area contributed by atoms with Gasteiger partial charge in [-0.15, -0.1) is 0 Å². The zero-order valence-electron chi connectivity index (χ0n) is 34.1. The van der Waals surface area contributed by atoms with Crippen molar-refractivity contribution in [3.8, 4) is 0 Å². The number of ether oxygens (including phenoxy) is 1. The Balaban J connectivity index is 0.0000240. The van der Waals surface area contributed by atoms with Crippen LogP contribution in [-0.4, -0.2) is 17.4 Å². The van der Waals surface area contributed by atoms with Gasteiger partial charge in [-0.2, -0.15) is 9.90 Å². The predicted octanol–water partition coefficient (Wildman–Crippen LogP) is 16.2.